The molecule has 0 atom stereocenters. The molecule has 0 fully saturated rings. The molecular formula is C11H16BrN. The third-order valence-corrected chi connectivity index (χ3v) is 4.08. The maximum Gasteiger partial charge on any atom is 0.0239 e. The van der Waals surface area contributed by atoms with Crippen molar-refractivity contribution in [3.8, 4) is 0 Å². The number of rotatable bonds is 1. The van der Waals surface area contributed by atoms with Crippen LogP contribution in [0.2, 0.25) is 0 Å². The highest BCUT2D eigenvalue weighted by molar-refractivity contribution is 9.10. The van der Waals surface area contributed by atoms with E-state index in [1.807, 2.05) is 0 Å². The van der Waals surface area contributed by atoms with E-state index in [2.05, 4.69) is 43.6 Å². The molecule has 0 unspecified atom stereocenters. The van der Waals surface area contributed by atoms with Crippen molar-refractivity contribution >= 4 is 15.9 Å². The van der Waals surface area contributed by atoms with Gasteiger partial charge in [0.15, 0.2) is 0 Å². The molecular weight excluding hydrogens is 226 g/mol. The lowest BCUT2D eigenvalue weighted by atomic mass is 9.94. The quantitative estimate of drug-likeness (QED) is 0.804. The van der Waals surface area contributed by atoms with Gasteiger partial charge in [0.05, 0.1) is 0 Å². The number of hydrogen-bond acceptors (Lipinski definition) is 1. The summed E-state index contributed by atoms with van der Waals surface area (Å²) in [5, 5.41) is 0. The minimum Gasteiger partial charge on any atom is -0.326 e. The molecule has 0 aliphatic carbocycles. The van der Waals surface area contributed by atoms with Crippen LogP contribution in [-0.2, 0) is 6.54 Å². The molecule has 0 radical (unpaired) electrons. The fraction of sp³-hybridized carbons (Fsp3) is 0.455. The summed E-state index contributed by atoms with van der Waals surface area (Å²) in [6.45, 7) is 9.16. The summed E-state index contributed by atoms with van der Waals surface area (Å²) >= 11 is 3.60. The van der Waals surface area contributed by atoms with Gasteiger partial charge in [-0.1, -0.05) is 15.9 Å². The lowest BCUT2D eigenvalue weighted by molar-refractivity contribution is 1.00. The topological polar surface area (TPSA) is 26.0 Å². The van der Waals surface area contributed by atoms with Gasteiger partial charge in [0.1, 0.15) is 0 Å². The average molecular weight is 242 g/mol. The minimum atomic E-state index is 0.632. The lowest BCUT2D eigenvalue weighted by Crippen LogP contribution is -2.06. The molecule has 1 rings (SSSR count). The summed E-state index contributed by atoms with van der Waals surface area (Å²) in [4.78, 5) is 0. The standard InChI is InChI=1S/C11H16BrN/c1-6-8(3)11(12)9(4)7(2)10(6)5-13/h5,13H2,1-4H3. The molecule has 72 valence electrons. The van der Waals surface area contributed by atoms with Crippen LogP contribution in [0.3, 0.4) is 0 Å². The molecule has 13 heavy (non-hydrogen) atoms. The maximum absolute atomic E-state index is 5.72. The number of nitrogens with two attached hydrogens (primary N) is 1. The fourth-order valence-corrected chi connectivity index (χ4v) is 2.25. The molecule has 0 heterocycles. The van der Waals surface area contributed by atoms with E-state index in [0.29, 0.717) is 6.54 Å². The number of benzene rings is 1. The highest BCUT2D eigenvalue weighted by atomic mass is 79.9. The van der Waals surface area contributed by atoms with Gasteiger partial charge in [0.25, 0.3) is 0 Å². The highest BCUT2D eigenvalue weighted by Crippen LogP contribution is 2.30. The zero-order valence-corrected chi connectivity index (χ0v) is 10.2. The van der Waals surface area contributed by atoms with Gasteiger partial charge in [-0.15, -0.1) is 0 Å². The SMILES string of the molecule is Cc1c(C)c(CN)c(C)c(C)c1Br. The molecule has 1 aromatic rings. The predicted molar refractivity (Wildman–Crippen MR) is 61.0 cm³/mol. The normalized spacial score (nSPS) is 10.6. The van der Waals surface area contributed by atoms with Crippen LogP contribution >= 0.6 is 15.9 Å². The Kier molecular flexibility index (Phi) is 3.14. The Balaban J connectivity index is 3.56. The third-order valence-electron chi connectivity index (χ3n) is 2.89. The molecule has 0 spiro atoms. The third kappa shape index (κ3) is 1.65. The fourth-order valence-electron chi connectivity index (χ4n) is 1.65. The molecule has 1 aromatic carbocycles. The van der Waals surface area contributed by atoms with Crippen molar-refractivity contribution in [2.45, 2.75) is 34.2 Å². The van der Waals surface area contributed by atoms with Crippen molar-refractivity contribution < 1.29 is 0 Å². The van der Waals surface area contributed by atoms with Crippen LogP contribution in [0.5, 0.6) is 0 Å². The van der Waals surface area contributed by atoms with Gasteiger partial charge >= 0.3 is 0 Å². The van der Waals surface area contributed by atoms with E-state index in [0.717, 1.165) is 0 Å². The molecule has 2 heteroatoms. The first-order valence-electron chi connectivity index (χ1n) is 4.45. The van der Waals surface area contributed by atoms with Crippen molar-refractivity contribution in [2.75, 3.05) is 0 Å². The van der Waals surface area contributed by atoms with Gasteiger partial charge in [-0.2, -0.15) is 0 Å². The summed E-state index contributed by atoms with van der Waals surface area (Å²) < 4.78 is 1.22. The van der Waals surface area contributed by atoms with Gasteiger partial charge in [0, 0.05) is 11.0 Å². The first-order chi connectivity index (χ1) is 6.00. The number of halogens is 1. The van der Waals surface area contributed by atoms with Crippen molar-refractivity contribution in [1.29, 1.82) is 0 Å². The molecule has 0 aromatic heterocycles. The highest BCUT2D eigenvalue weighted by Gasteiger charge is 2.11. The van der Waals surface area contributed by atoms with Crippen molar-refractivity contribution in [3.63, 3.8) is 0 Å². The van der Waals surface area contributed by atoms with Gasteiger partial charge in [-0.05, 0) is 55.5 Å². The molecule has 0 aliphatic rings. The Bertz CT molecular complexity index is 313. The monoisotopic (exact) mass is 241 g/mol. The molecule has 0 saturated heterocycles. The van der Waals surface area contributed by atoms with Crippen LogP contribution in [0.1, 0.15) is 27.8 Å². The van der Waals surface area contributed by atoms with E-state index in [9.17, 15) is 0 Å². The van der Waals surface area contributed by atoms with E-state index >= 15 is 0 Å². The van der Waals surface area contributed by atoms with E-state index in [-0.39, 0.29) is 0 Å². The molecule has 0 amide bonds. The van der Waals surface area contributed by atoms with Crippen molar-refractivity contribution in [1.82, 2.24) is 0 Å². The minimum absolute atomic E-state index is 0.632. The first kappa shape index (κ1) is 10.7. The van der Waals surface area contributed by atoms with Crippen LogP contribution in [-0.4, -0.2) is 0 Å². The largest absolute Gasteiger partial charge is 0.326 e. The second-order valence-corrected chi connectivity index (χ2v) is 4.29. The van der Waals surface area contributed by atoms with E-state index in [1.54, 1.807) is 0 Å². The smallest absolute Gasteiger partial charge is 0.0239 e. The second-order valence-electron chi connectivity index (χ2n) is 3.50. The van der Waals surface area contributed by atoms with E-state index in [1.165, 1.54) is 32.3 Å². The van der Waals surface area contributed by atoms with Crippen LogP contribution in [0.4, 0.5) is 0 Å². The van der Waals surface area contributed by atoms with Crippen molar-refractivity contribution in [2.24, 2.45) is 5.73 Å². The summed E-state index contributed by atoms with van der Waals surface area (Å²) in [6, 6.07) is 0. The lowest BCUT2D eigenvalue weighted by Gasteiger charge is -2.16. The van der Waals surface area contributed by atoms with Crippen molar-refractivity contribution in [3.05, 3.63) is 32.3 Å². The first-order valence-corrected chi connectivity index (χ1v) is 5.24. The van der Waals surface area contributed by atoms with Crippen LogP contribution in [0, 0.1) is 27.7 Å². The summed E-state index contributed by atoms with van der Waals surface area (Å²) in [7, 11) is 0. The average Bonchev–Trinajstić information content (AvgIpc) is 2.13. The Labute approximate surface area is 88.5 Å². The van der Waals surface area contributed by atoms with Gasteiger partial charge in [-0.3, -0.25) is 0 Å². The summed E-state index contributed by atoms with van der Waals surface area (Å²) in [6.07, 6.45) is 0. The Morgan fingerprint density at radius 2 is 1.31 bits per heavy atom. The van der Waals surface area contributed by atoms with Crippen LogP contribution < -0.4 is 5.73 Å². The Hall–Kier alpha value is -0.340. The molecule has 0 aliphatic heterocycles. The molecule has 1 nitrogen and oxygen atoms in total. The van der Waals surface area contributed by atoms with Gasteiger partial charge in [-0.25, -0.2) is 0 Å². The van der Waals surface area contributed by atoms with E-state index in [4.69, 9.17) is 5.73 Å². The van der Waals surface area contributed by atoms with Crippen LogP contribution in [0.15, 0.2) is 4.47 Å². The summed E-state index contributed by atoms with van der Waals surface area (Å²) in [5.74, 6) is 0. The van der Waals surface area contributed by atoms with E-state index < -0.39 is 0 Å². The Morgan fingerprint density at radius 3 is 1.62 bits per heavy atom. The summed E-state index contributed by atoms with van der Waals surface area (Å²) in [5.41, 5.74) is 12.3. The van der Waals surface area contributed by atoms with Gasteiger partial charge in [0.2, 0.25) is 0 Å². The van der Waals surface area contributed by atoms with Gasteiger partial charge < -0.3 is 5.73 Å². The Morgan fingerprint density at radius 1 is 0.923 bits per heavy atom. The van der Waals surface area contributed by atoms with Crippen LogP contribution in [0.25, 0.3) is 0 Å². The zero-order chi connectivity index (χ0) is 10.2. The predicted octanol–water partition coefficient (Wildman–Crippen LogP) is 3.14. The zero-order valence-electron chi connectivity index (χ0n) is 8.66. The molecule has 0 bridgehead atoms. The molecule has 0 saturated carbocycles. The second kappa shape index (κ2) is 3.81. The number of hydrogen-bond donors (Lipinski definition) is 1. The molecule has 2 N–H and O–H groups in total. The maximum atomic E-state index is 5.72.